The van der Waals surface area contributed by atoms with E-state index >= 15 is 0 Å². The Kier molecular flexibility index (Phi) is 7.27. The summed E-state index contributed by atoms with van der Waals surface area (Å²) in [5, 5.41) is 10.5. The fraction of sp³-hybridized carbons (Fsp3) is 0.310. The molecule has 3 heteroatoms. The fourth-order valence-corrected chi connectivity index (χ4v) is 3.88. The average Bonchev–Trinajstić information content (AvgIpc) is 3.62. The van der Waals surface area contributed by atoms with Crippen LogP contribution in [-0.2, 0) is 11.2 Å². The van der Waals surface area contributed by atoms with Gasteiger partial charge in [-0.1, -0.05) is 66.4 Å². The van der Waals surface area contributed by atoms with Crippen molar-refractivity contribution in [2.45, 2.75) is 44.3 Å². The number of hydrogen-bond acceptors (Lipinski definition) is 3. The van der Waals surface area contributed by atoms with E-state index in [2.05, 4.69) is 36.1 Å². The maximum absolute atomic E-state index is 10.5. The standard InChI is InChI=1S/C29H30O3/c1-2-32-29(19-20-29)28(30)22-24-13-11-23(12-14-24)8-6-7-21-31-27-17-15-26(16-18-27)25-9-4-3-5-10-25/h3-5,9-18,28,30H,2,7,19-22H2,1H3. The maximum Gasteiger partial charge on any atom is 0.119 e. The molecule has 0 saturated heterocycles. The summed E-state index contributed by atoms with van der Waals surface area (Å²) in [4.78, 5) is 0. The second kappa shape index (κ2) is 10.5. The molecule has 0 amide bonds. The summed E-state index contributed by atoms with van der Waals surface area (Å²) in [7, 11) is 0. The third kappa shape index (κ3) is 5.79. The minimum absolute atomic E-state index is 0.310. The van der Waals surface area contributed by atoms with E-state index in [1.54, 1.807) is 0 Å². The summed E-state index contributed by atoms with van der Waals surface area (Å²) in [6.07, 6.45) is 2.73. The fourth-order valence-electron chi connectivity index (χ4n) is 3.88. The molecule has 0 heterocycles. The molecular weight excluding hydrogens is 396 g/mol. The number of aliphatic hydroxyl groups is 1. The van der Waals surface area contributed by atoms with E-state index in [0.29, 0.717) is 26.1 Å². The topological polar surface area (TPSA) is 38.7 Å². The van der Waals surface area contributed by atoms with Gasteiger partial charge in [-0.3, -0.25) is 0 Å². The molecule has 32 heavy (non-hydrogen) atoms. The molecule has 164 valence electrons. The van der Waals surface area contributed by atoms with Crippen LogP contribution in [0.3, 0.4) is 0 Å². The average molecular weight is 427 g/mol. The van der Waals surface area contributed by atoms with Gasteiger partial charge in [0.2, 0.25) is 0 Å². The second-order valence-corrected chi connectivity index (χ2v) is 8.21. The lowest BCUT2D eigenvalue weighted by molar-refractivity contribution is -0.0517. The van der Waals surface area contributed by atoms with Gasteiger partial charge in [-0.25, -0.2) is 0 Å². The van der Waals surface area contributed by atoms with Crippen LogP contribution in [0.15, 0.2) is 78.9 Å². The molecule has 0 aromatic heterocycles. The Morgan fingerprint density at radius 1 is 0.906 bits per heavy atom. The Balaban J connectivity index is 1.22. The van der Waals surface area contributed by atoms with Gasteiger partial charge in [-0.05, 0) is 60.7 Å². The highest BCUT2D eigenvalue weighted by atomic mass is 16.5. The van der Waals surface area contributed by atoms with Crippen LogP contribution < -0.4 is 4.74 Å². The molecule has 3 aromatic carbocycles. The van der Waals surface area contributed by atoms with Crippen molar-refractivity contribution in [3.05, 3.63) is 90.0 Å². The third-order valence-corrected chi connectivity index (χ3v) is 5.85. The first-order chi connectivity index (χ1) is 15.7. The van der Waals surface area contributed by atoms with Crippen molar-refractivity contribution in [1.29, 1.82) is 0 Å². The van der Waals surface area contributed by atoms with Crippen LogP contribution in [0.2, 0.25) is 0 Å². The third-order valence-electron chi connectivity index (χ3n) is 5.85. The zero-order valence-electron chi connectivity index (χ0n) is 18.6. The van der Waals surface area contributed by atoms with Crippen LogP contribution in [0.5, 0.6) is 5.75 Å². The van der Waals surface area contributed by atoms with Crippen LogP contribution in [0.4, 0.5) is 0 Å². The highest BCUT2D eigenvalue weighted by Crippen LogP contribution is 2.43. The highest BCUT2D eigenvalue weighted by molar-refractivity contribution is 5.63. The van der Waals surface area contributed by atoms with E-state index in [1.165, 1.54) is 11.1 Å². The molecule has 1 unspecified atom stereocenters. The molecule has 3 aromatic rings. The summed E-state index contributed by atoms with van der Waals surface area (Å²) >= 11 is 0. The minimum atomic E-state index is -0.446. The van der Waals surface area contributed by atoms with Gasteiger partial charge in [0.25, 0.3) is 0 Å². The molecule has 1 N–H and O–H groups in total. The van der Waals surface area contributed by atoms with Gasteiger partial charge in [-0.15, -0.1) is 0 Å². The van der Waals surface area contributed by atoms with Crippen LogP contribution in [0.25, 0.3) is 11.1 Å². The first-order valence-corrected chi connectivity index (χ1v) is 11.4. The Hall–Kier alpha value is -3.06. The Morgan fingerprint density at radius 3 is 2.25 bits per heavy atom. The number of ether oxygens (including phenoxy) is 2. The zero-order chi connectivity index (χ0) is 22.2. The van der Waals surface area contributed by atoms with Gasteiger partial charge in [0.15, 0.2) is 0 Å². The SMILES string of the molecule is CCOC1(C(O)Cc2ccc(C#CCCOc3ccc(-c4ccccc4)cc3)cc2)CC1. The van der Waals surface area contributed by atoms with E-state index in [-0.39, 0.29) is 5.60 Å². The van der Waals surface area contributed by atoms with Crippen molar-refractivity contribution in [1.82, 2.24) is 0 Å². The van der Waals surface area contributed by atoms with E-state index in [4.69, 9.17) is 9.47 Å². The normalized spacial score (nSPS) is 14.8. The van der Waals surface area contributed by atoms with Crippen molar-refractivity contribution in [2.24, 2.45) is 0 Å². The van der Waals surface area contributed by atoms with Crippen molar-refractivity contribution < 1.29 is 14.6 Å². The number of benzene rings is 3. The summed E-state index contributed by atoms with van der Waals surface area (Å²) in [6.45, 7) is 3.18. The zero-order valence-corrected chi connectivity index (χ0v) is 18.6. The van der Waals surface area contributed by atoms with Gasteiger partial charge in [0, 0.05) is 25.0 Å². The van der Waals surface area contributed by atoms with Gasteiger partial charge < -0.3 is 14.6 Å². The van der Waals surface area contributed by atoms with E-state index in [9.17, 15) is 5.11 Å². The summed E-state index contributed by atoms with van der Waals surface area (Å²) in [5.74, 6) is 7.22. The lowest BCUT2D eigenvalue weighted by atomic mass is 10.0. The van der Waals surface area contributed by atoms with Crippen molar-refractivity contribution in [3.8, 4) is 28.7 Å². The van der Waals surface area contributed by atoms with E-state index in [1.807, 2.05) is 61.5 Å². The van der Waals surface area contributed by atoms with Crippen molar-refractivity contribution in [2.75, 3.05) is 13.2 Å². The number of aliphatic hydroxyl groups excluding tert-OH is 1. The quantitative estimate of drug-likeness (QED) is 0.355. The largest absolute Gasteiger partial charge is 0.493 e. The summed E-state index contributed by atoms with van der Waals surface area (Å²) in [6, 6.07) is 26.6. The van der Waals surface area contributed by atoms with Gasteiger partial charge in [-0.2, -0.15) is 0 Å². The molecule has 4 rings (SSSR count). The van der Waals surface area contributed by atoms with E-state index in [0.717, 1.165) is 29.7 Å². The van der Waals surface area contributed by atoms with Gasteiger partial charge in [0.05, 0.1) is 18.3 Å². The lowest BCUT2D eigenvalue weighted by Gasteiger charge is -2.22. The van der Waals surface area contributed by atoms with Crippen LogP contribution >= 0.6 is 0 Å². The van der Waals surface area contributed by atoms with Crippen LogP contribution in [0.1, 0.15) is 37.3 Å². The molecule has 1 aliphatic carbocycles. The molecule has 1 atom stereocenters. The summed E-state index contributed by atoms with van der Waals surface area (Å²) < 4.78 is 11.6. The first-order valence-electron chi connectivity index (χ1n) is 11.4. The predicted molar refractivity (Wildman–Crippen MR) is 129 cm³/mol. The first kappa shape index (κ1) is 22.1. The lowest BCUT2D eigenvalue weighted by Crippen LogP contribution is -2.33. The molecule has 0 aliphatic heterocycles. The van der Waals surface area contributed by atoms with E-state index < -0.39 is 6.10 Å². The van der Waals surface area contributed by atoms with Crippen molar-refractivity contribution >= 4 is 0 Å². The second-order valence-electron chi connectivity index (χ2n) is 8.21. The summed E-state index contributed by atoms with van der Waals surface area (Å²) in [5.41, 5.74) is 4.15. The molecule has 1 fully saturated rings. The monoisotopic (exact) mass is 426 g/mol. The van der Waals surface area contributed by atoms with Gasteiger partial charge in [0.1, 0.15) is 5.75 Å². The smallest absolute Gasteiger partial charge is 0.119 e. The van der Waals surface area contributed by atoms with Crippen molar-refractivity contribution in [3.63, 3.8) is 0 Å². The molecule has 0 radical (unpaired) electrons. The Morgan fingerprint density at radius 2 is 1.59 bits per heavy atom. The van der Waals surface area contributed by atoms with Crippen LogP contribution in [-0.4, -0.2) is 30.0 Å². The maximum atomic E-state index is 10.5. The molecular formula is C29H30O3. The molecule has 0 bridgehead atoms. The predicted octanol–water partition coefficient (Wildman–Crippen LogP) is 5.65. The minimum Gasteiger partial charge on any atom is -0.493 e. The Bertz CT molecular complexity index is 1040. The Labute approximate surface area is 191 Å². The number of hydrogen-bond donors (Lipinski definition) is 1. The molecule has 3 nitrogen and oxygen atoms in total. The number of rotatable bonds is 9. The highest BCUT2D eigenvalue weighted by Gasteiger charge is 2.49. The molecule has 0 spiro atoms. The molecule has 1 saturated carbocycles. The molecule has 1 aliphatic rings. The van der Waals surface area contributed by atoms with Gasteiger partial charge >= 0.3 is 0 Å². The van der Waals surface area contributed by atoms with Crippen LogP contribution in [0, 0.1) is 11.8 Å².